The highest BCUT2D eigenvalue weighted by atomic mass is 19.3. The number of hydrogen-bond acceptors (Lipinski definition) is 1. The molecule has 0 saturated carbocycles. The number of rotatable bonds is 3. The molecule has 0 bridgehead atoms. The van der Waals surface area contributed by atoms with Crippen molar-refractivity contribution in [3.05, 3.63) is 0 Å². The van der Waals surface area contributed by atoms with Crippen molar-refractivity contribution in [1.29, 1.82) is 0 Å². The van der Waals surface area contributed by atoms with Crippen LogP contribution in [0, 0.1) is 0 Å². The molecule has 0 aliphatic carbocycles. The van der Waals surface area contributed by atoms with Crippen molar-refractivity contribution in [3.63, 3.8) is 0 Å². The van der Waals surface area contributed by atoms with Crippen molar-refractivity contribution in [2.24, 2.45) is 0 Å². The lowest BCUT2D eigenvalue weighted by Crippen LogP contribution is -2.39. The van der Waals surface area contributed by atoms with Crippen molar-refractivity contribution >= 4 is 6.03 Å². The molecule has 0 heterocycles. The Bertz CT molecular complexity index is 130. The molecule has 0 rings (SSSR count). The van der Waals surface area contributed by atoms with E-state index >= 15 is 0 Å². The van der Waals surface area contributed by atoms with E-state index < -0.39 is 12.6 Å². The molecular weight excluding hydrogens is 154 g/mol. The summed E-state index contributed by atoms with van der Waals surface area (Å²) in [7, 11) is 0. The van der Waals surface area contributed by atoms with Gasteiger partial charge < -0.3 is 0 Å². The van der Waals surface area contributed by atoms with Gasteiger partial charge in [0.05, 0.1) is 0 Å². The van der Waals surface area contributed by atoms with E-state index in [1.807, 2.05) is 0 Å². The predicted octanol–water partition coefficient (Wildman–Crippen LogP) is 1.28. The third-order valence-corrected chi connectivity index (χ3v) is 1.12. The summed E-state index contributed by atoms with van der Waals surface area (Å²) >= 11 is 0. The van der Waals surface area contributed by atoms with Crippen LogP contribution >= 0.6 is 0 Å². The molecule has 0 aromatic carbocycles. The number of carbonyl (C=O) groups excluding carboxylic acids is 1. The van der Waals surface area contributed by atoms with Crippen LogP contribution in [0.2, 0.25) is 0 Å². The molecule has 0 saturated heterocycles. The van der Waals surface area contributed by atoms with Crippen LogP contribution in [0.1, 0.15) is 13.8 Å². The molecule has 0 atom stereocenters. The number of amides is 2. The van der Waals surface area contributed by atoms with Crippen molar-refractivity contribution in [3.8, 4) is 0 Å². The van der Waals surface area contributed by atoms with Gasteiger partial charge in [-0.15, -0.1) is 0 Å². The third-order valence-electron chi connectivity index (χ3n) is 1.12. The van der Waals surface area contributed by atoms with Crippen molar-refractivity contribution in [1.82, 2.24) is 10.2 Å². The maximum absolute atomic E-state index is 11.9. The highest BCUT2D eigenvalue weighted by molar-refractivity contribution is 5.73. The van der Waals surface area contributed by atoms with Crippen LogP contribution in [-0.4, -0.2) is 30.6 Å². The number of hydrogen-bond donors (Lipinski definition) is 0. The fourth-order valence-electron chi connectivity index (χ4n) is 0.583. The van der Waals surface area contributed by atoms with Gasteiger partial charge in [-0.2, -0.15) is 8.78 Å². The quantitative estimate of drug-likeness (QED) is 0.580. The van der Waals surface area contributed by atoms with E-state index in [4.69, 9.17) is 0 Å². The van der Waals surface area contributed by atoms with Gasteiger partial charge in [-0.1, -0.05) is 0 Å². The van der Waals surface area contributed by atoms with Crippen LogP contribution in [0.4, 0.5) is 13.6 Å². The van der Waals surface area contributed by atoms with Gasteiger partial charge in [0.1, 0.15) is 0 Å². The van der Waals surface area contributed by atoms with E-state index in [2.05, 4.69) is 5.32 Å². The van der Waals surface area contributed by atoms with Gasteiger partial charge in [-0.3, -0.25) is 4.90 Å². The standard InChI is InChI=1S/C6H11F2N2O/c1-3-9-6(11)10(4-2)5(7)8/h5H,3-4H2,1-2H3. The number of urea groups is 1. The van der Waals surface area contributed by atoms with Crippen LogP contribution in [0.25, 0.3) is 0 Å². The second-order valence-electron chi connectivity index (χ2n) is 1.82. The van der Waals surface area contributed by atoms with Crippen LogP contribution in [0.3, 0.4) is 0 Å². The molecule has 1 radical (unpaired) electrons. The van der Waals surface area contributed by atoms with Crippen molar-refractivity contribution in [2.45, 2.75) is 20.4 Å². The van der Waals surface area contributed by atoms with Crippen LogP contribution in [0.5, 0.6) is 0 Å². The molecule has 3 nitrogen and oxygen atoms in total. The number of nitrogens with zero attached hydrogens (tertiary/aromatic N) is 2. The SMILES string of the molecule is CC[N]C(=O)N(CC)C(F)F. The maximum Gasteiger partial charge on any atom is 0.343 e. The van der Waals surface area contributed by atoms with Gasteiger partial charge in [0.25, 0.3) is 0 Å². The van der Waals surface area contributed by atoms with Gasteiger partial charge in [-0.25, -0.2) is 10.1 Å². The molecule has 0 aliphatic rings. The van der Waals surface area contributed by atoms with E-state index in [-0.39, 0.29) is 13.1 Å². The minimum absolute atomic E-state index is 0.0139. The number of alkyl halides is 2. The fourth-order valence-corrected chi connectivity index (χ4v) is 0.583. The van der Waals surface area contributed by atoms with E-state index in [0.29, 0.717) is 4.90 Å². The Labute approximate surface area is 64.4 Å². The summed E-state index contributed by atoms with van der Waals surface area (Å²) in [6.45, 7) is 0.580. The lowest BCUT2D eigenvalue weighted by Gasteiger charge is -2.17. The lowest BCUT2D eigenvalue weighted by molar-refractivity contribution is 0.00483. The Morgan fingerprint density at radius 1 is 1.55 bits per heavy atom. The van der Waals surface area contributed by atoms with Gasteiger partial charge in [0.15, 0.2) is 0 Å². The van der Waals surface area contributed by atoms with Gasteiger partial charge >= 0.3 is 12.6 Å². The summed E-state index contributed by atoms with van der Waals surface area (Å²) in [4.78, 5) is 11.1. The molecule has 0 aliphatic heterocycles. The lowest BCUT2D eigenvalue weighted by atomic mass is 10.6. The zero-order valence-corrected chi connectivity index (χ0v) is 6.55. The van der Waals surface area contributed by atoms with E-state index in [1.165, 1.54) is 6.92 Å². The average molecular weight is 165 g/mol. The van der Waals surface area contributed by atoms with Gasteiger partial charge in [0, 0.05) is 13.1 Å². The Balaban J connectivity index is 3.92. The zero-order chi connectivity index (χ0) is 8.85. The third kappa shape index (κ3) is 3.15. The van der Waals surface area contributed by atoms with E-state index in [9.17, 15) is 13.6 Å². The van der Waals surface area contributed by atoms with Crippen LogP contribution in [0.15, 0.2) is 0 Å². The highest BCUT2D eigenvalue weighted by Crippen LogP contribution is 2.02. The Hall–Kier alpha value is -0.870. The Morgan fingerprint density at radius 2 is 2.09 bits per heavy atom. The van der Waals surface area contributed by atoms with Crippen molar-refractivity contribution in [2.75, 3.05) is 13.1 Å². The normalized spacial score (nSPS) is 9.91. The molecule has 0 unspecified atom stereocenters. The zero-order valence-electron chi connectivity index (χ0n) is 6.55. The summed E-state index contributed by atoms with van der Waals surface area (Å²) in [6.07, 6.45) is 0. The molecule has 65 valence electrons. The summed E-state index contributed by atoms with van der Waals surface area (Å²) in [5, 5.41) is 3.32. The minimum atomic E-state index is -2.75. The molecule has 0 N–H and O–H groups in total. The Kier molecular flexibility index (Phi) is 4.49. The second-order valence-corrected chi connectivity index (χ2v) is 1.82. The molecule has 0 aromatic heterocycles. The molecule has 2 amide bonds. The first kappa shape index (κ1) is 10.1. The minimum Gasteiger partial charge on any atom is -0.267 e. The molecule has 11 heavy (non-hydrogen) atoms. The first-order valence-electron chi connectivity index (χ1n) is 3.39. The first-order valence-corrected chi connectivity index (χ1v) is 3.39. The molecule has 5 heteroatoms. The largest absolute Gasteiger partial charge is 0.343 e. The van der Waals surface area contributed by atoms with Crippen molar-refractivity contribution < 1.29 is 13.6 Å². The second kappa shape index (κ2) is 4.87. The van der Waals surface area contributed by atoms with E-state index in [1.54, 1.807) is 6.92 Å². The average Bonchev–Trinajstić information content (AvgIpc) is 1.88. The molecule has 0 aromatic rings. The molecular formula is C6H11F2N2O. The van der Waals surface area contributed by atoms with E-state index in [0.717, 1.165) is 0 Å². The number of carbonyl (C=O) groups is 1. The molecule has 0 spiro atoms. The van der Waals surface area contributed by atoms with Crippen LogP contribution in [-0.2, 0) is 0 Å². The predicted molar refractivity (Wildman–Crippen MR) is 36.5 cm³/mol. The number of halogens is 2. The highest BCUT2D eigenvalue weighted by Gasteiger charge is 2.20. The summed E-state index contributed by atoms with van der Waals surface area (Å²) in [5.74, 6) is 0. The fraction of sp³-hybridized carbons (Fsp3) is 0.833. The van der Waals surface area contributed by atoms with Crippen LogP contribution < -0.4 is 5.32 Å². The smallest absolute Gasteiger partial charge is 0.267 e. The molecule has 0 fully saturated rings. The maximum atomic E-state index is 11.9. The Morgan fingerprint density at radius 3 is 2.36 bits per heavy atom. The first-order chi connectivity index (χ1) is 5.13. The summed E-state index contributed by atoms with van der Waals surface area (Å²) < 4.78 is 23.8. The monoisotopic (exact) mass is 165 g/mol. The van der Waals surface area contributed by atoms with Gasteiger partial charge in [0.2, 0.25) is 0 Å². The topological polar surface area (TPSA) is 34.4 Å². The summed E-state index contributed by atoms with van der Waals surface area (Å²) in [5.41, 5.74) is 0. The summed E-state index contributed by atoms with van der Waals surface area (Å²) in [6, 6.07) is -0.843. The van der Waals surface area contributed by atoms with Gasteiger partial charge in [-0.05, 0) is 13.8 Å².